The lowest BCUT2D eigenvalue weighted by atomic mass is 10.00. The quantitative estimate of drug-likeness (QED) is 0.758. The lowest BCUT2D eigenvalue weighted by Crippen LogP contribution is -2.41. The molecular weight excluding hydrogens is 344 g/mol. The number of carbonyl (C=O) groups excluding carboxylic acids is 1. The Hall–Kier alpha value is -2.41. The molecule has 0 radical (unpaired) electrons. The topological polar surface area (TPSA) is 86.9 Å². The molecule has 3 heterocycles. The number of aromatic nitrogens is 2. The van der Waals surface area contributed by atoms with Gasteiger partial charge < -0.3 is 15.3 Å². The van der Waals surface area contributed by atoms with E-state index >= 15 is 0 Å². The molecule has 0 aliphatic carbocycles. The standard InChI is InChI=1S/C20H28N4O3/c1-3-15-9-4-5-11-23(15)12-7-10-21-18(25)16-19(26)22-17-14(2)8-6-13-24(17)20(16)27/h6,8,13,15,26H,3-5,7,9-12H2,1-2H3,(H,21,25)/t15-/m0/s1. The fourth-order valence-electron chi connectivity index (χ4n) is 3.87. The molecule has 2 N–H and O–H groups in total. The molecule has 1 amide bonds. The van der Waals surface area contributed by atoms with Crippen molar-refractivity contribution in [3.05, 3.63) is 39.8 Å². The van der Waals surface area contributed by atoms with Gasteiger partial charge in [0.25, 0.3) is 11.5 Å². The maximum Gasteiger partial charge on any atom is 0.274 e. The Morgan fingerprint density at radius 2 is 2.22 bits per heavy atom. The molecule has 0 spiro atoms. The van der Waals surface area contributed by atoms with Crippen LogP contribution in [-0.4, -0.2) is 51.0 Å². The normalized spacial score (nSPS) is 17.9. The maximum absolute atomic E-state index is 12.6. The van der Waals surface area contributed by atoms with E-state index in [9.17, 15) is 14.7 Å². The monoisotopic (exact) mass is 372 g/mol. The average molecular weight is 372 g/mol. The van der Waals surface area contributed by atoms with E-state index in [0.717, 1.165) is 31.5 Å². The van der Waals surface area contributed by atoms with Crippen LogP contribution in [0.1, 0.15) is 54.9 Å². The Morgan fingerprint density at radius 1 is 1.41 bits per heavy atom. The van der Waals surface area contributed by atoms with E-state index in [4.69, 9.17) is 0 Å². The van der Waals surface area contributed by atoms with E-state index in [-0.39, 0.29) is 5.56 Å². The molecule has 1 fully saturated rings. The highest BCUT2D eigenvalue weighted by atomic mass is 16.3. The first-order chi connectivity index (χ1) is 13.0. The summed E-state index contributed by atoms with van der Waals surface area (Å²) >= 11 is 0. The van der Waals surface area contributed by atoms with Crippen LogP contribution in [0.3, 0.4) is 0 Å². The van der Waals surface area contributed by atoms with Gasteiger partial charge in [-0.3, -0.25) is 14.0 Å². The maximum atomic E-state index is 12.6. The molecule has 27 heavy (non-hydrogen) atoms. The smallest absolute Gasteiger partial charge is 0.274 e. The Balaban J connectivity index is 1.64. The molecule has 1 aliphatic heterocycles. The number of rotatable bonds is 6. The van der Waals surface area contributed by atoms with Crippen molar-refractivity contribution in [3.8, 4) is 5.88 Å². The zero-order valence-electron chi connectivity index (χ0n) is 16.1. The molecule has 0 saturated carbocycles. The summed E-state index contributed by atoms with van der Waals surface area (Å²) in [6.07, 6.45) is 7.29. The predicted octanol–water partition coefficient (Wildman–Crippen LogP) is 2.09. The number of aryl methyl sites for hydroxylation is 1. The van der Waals surface area contributed by atoms with Gasteiger partial charge >= 0.3 is 0 Å². The van der Waals surface area contributed by atoms with Crippen LogP contribution < -0.4 is 10.9 Å². The number of amides is 1. The molecule has 3 rings (SSSR count). The molecule has 1 atom stereocenters. The molecule has 0 unspecified atom stereocenters. The van der Waals surface area contributed by atoms with Crippen molar-refractivity contribution in [3.63, 3.8) is 0 Å². The molecule has 146 valence electrons. The SMILES string of the molecule is CC[C@H]1CCCCN1CCCNC(=O)c1c(O)nc2c(C)cccn2c1=O. The number of likely N-dealkylation sites (tertiary alicyclic amines) is 1. The van der Waals surface area contributed by atoms with Gasteiger partial charge in [-0.2, -0.15) is 4.98 Å². The van der Waals surface area contributed by atoms with Crippen molar-refractivity contribution in [1.29, 1.82) is 0 Å². The first-order valence-corrected chi connectivity index (χ1v) is 9.76. The summed E-state index contributed by atoms with van der Waals surface area (Å²) in [6, 6.07) is 4.15. The van der Waals surface area contributed by atoms with E-state index in [0.29, 0.717) is 18.2 Å². The number of pyridine rings is 1. The van der Waals surface area contributed by atoms with Crippen molar-refractivity contribution in [2.75, 3.05) is 19.6 Å². The van der Waals surface area contributed by atoms with E-state index in [1.807, 2.05) is 0 Å². The number of nitrogens with one attached hydrogen (secondary N) is 1. The molecule has 2 aromatic heterocycles. The van der Waals surface area contributed by atoms with Gasteiger partial charge in [0.15, 0.2) is 5.56 Å². The van der Waals surface area contributed by atoms with Gasteiger partial charge in [0, 0.05) is 25.3 Å². The van der Waals surface area contributed by atoms with Crippen molar-refractivity contribution >= 4 is 11.6 Å². The number of hydrogen-bond acceptors (Lipinski definition) is 5. The lowest BCUT2D eigenvalue weighted by molar-refractivity contribution is 0.0942. The third-order valence-electron chi connectivity index (χ3n) is 5.39. The van der Waals surface area contributed by atoms with Crippen LogP contribution in [0, 0.1) is 6.92 Å². The number of carbonyl (C=O) groups is 1. The van der Waals surface area contributed by atoms with Gasteiger partial charge in [0.05, 0.1) is 0 Å². The first kappa shape index (κ1) is 19.4. The van der Waals surface area contributed by atoms with Crippen LogP contribution in [0.4, 0.5) is 0 Å². The Bertz CT molecular complexity index is 877. The van der Waals surface area contributed by atoms with Gasteiger partial charge in [-0.15, -0.1) is 0 Å². The Labute approximate surface area is 159 Å². The summed E-state index contributed by atoms with van der Waals surface area (Å²) in [4.78, 5) is 31.6. The van der Waals surface area contributed by atoms with Crippen LogP contribution in [0.2, 0.25) is 0 Å². The molecule has 1 saturated heterocycles. The summed E-state index contributed by atoms with van der Waals surface area (Å²) < 4.78 is 1.30. The van der Waals surface area contributed by atoms with E-state index < -0.39 is 17.3 Å². The van der Waals surface area contributed by atoms with Crippen molar-refractivity contribution < 1.29 is 9.90 Å². The molecule has 7 heteroatoms. The van der Waals surface area contributed by atoms with Gasteiger partial charge in [0.1, 0.15) is 5.65 Å². The Kier molecular flexibility index (Phi) is 6.11. The van der Waals surface area contributed by atoms with Gasteiger partial charge in [-0.1, -0.05) is 19.4 Å². The number of piperidine rings is 1. The number of nitrogens with zero attached hydrogens (tertiary/aromatic N) is 3. The fraction of sp³-hybridized carbons (Fsp3) is 0.550. The number of hydrogen-bond donors (Lipinski definition) is 2. The van der Waals surface area contributed by atoms with Crippen LogP contribution in [-0.2, 0) is 0 Å². The summed E-state index contributed by atoms with van der Waals surface area (Å²) in [5.41, 5.74) is 0.249. The van der Waals surface area contributed by atoms with Crippen LogP contribution in [0.5, 0.6) is 5.88 Å². The molecule has 1 aliphatic rings. The average Bonchev–Trinajstić information content (AvgIpc) is 2.66. The van der Waals surface area contributed by atoms with E-state index in [1.54, 1.807) is 25.3 Å². The van der Waals surface area contributed by atoms with Crippen molar-refractivity contribution in [1.82, 2.24) is 19.6 Å². The minimum Gasteiger partial charge on any atom is -0.493 e. The highest BCUT2D eigenvalue weighted by molar-refractivity contribution is 5.96. The lowest BCUT2D eigenvalue weighted by Gasteiger charge is -2.35. The zero-order valence-corrected chi connectivity index (χ0v) is 16.1. The molecule has 7 nitrogen and oxygen atoms in total. The molecule has 0 aromatic carbocycles. The third-order valence-corrected chi connectivity index (χ3v) is 5.39. The summed E-state index contributed by atoms with van der Waals surface area (Å²) in [5, 5.41) is 12.9. The second-order valence-corrected chi connectivity index (χ2v) is 7.20. The van der Waals surface area contributed by atoms with Gasteiger partial charge in [-0.25, -0.2) is 0 Å². The molecular formula is C20H28N4O3. The van der Waals surface area contributed by atoms with Crippen LogP contribution in [0.15, 0.2) is 23.1 Å². The Morgan fingerprint density at radius 3 is 3.00 bits per heavy atom. The zero-order chi connectivity index (χ0) is 19.4. The molecule has 2 aromatic rings. The fourth-order valence-corrected chi connectivity index (χ4v) is 3.87. The largest absolute Gasteiger partial charge is 0.493 e. The minimum atomic E-state index is -0.577. The van der Waals surface area contributed by atoms with E-state index in [2.05, 4.69) is 22.1 Å². The summed E-state index contributed by atoms with van der Waals surface area (Å²) in [7, 11) is 0. The van der Waals surface area contributed by atoms with Gasteiger partial charge in [0.2, 0.25) is 5.88 Å². The predicted molar refractivity (Wildman–Crippen MR) is 104 cm³/mol. The highest BCUT2D eigenvalue weighted by Gasteiger charge is 2.22. The first-order valence-electron chi connectivity index (χ1n) is 9.76. The summed E-state index contributed by atoms with van der Waals surface area (Å²) in [5.74, 6) is -1.10. The van der Waals surface area contributed by atoms with Crippen LogP contribution in [0.25, 0.3) is 5.65 Å². The second-order valence-electron chi connectivity index (χ2n) is 7.20. The van der Waals surface area contributed by atoms with Crippen LogP contribution >= 0.6 is 0 Å². The summed E-state index contributed by atoms with van der Waals surface area (Å²) in [6.45, 7) is 6.52. The van der Waals surface area contributed by atoms with E-state index in [1.165, 1.54) is 23.7 Å². The molecule has 0 bridgehead atoms. The number of fused-ring (bicyclic) bond motifs is 1. The highest BCUT2D eigenvalue weighted by Crippen LogP contribution is 2.19. The second kappa shape index (κ2) is 8.52. The third kappa shape index (κ3) is 4.13. The minimum absolute atomic E-state index is 0.303. The number of aromatic hydroxyl groups is 1. The van der Waals surface area contributed by atoms with Crippen molar-refractivity contribution in [2.24, 2.45) is 0 Å². The van der Waals surface area contributed by atoms with Gasteiger partial charge in [-0.05, 0) is 50.8 Å². The van der Waals surface area contributed by atoms with Crippen molar-refractivity contribution in [2.45, 2.75) is 52.0 Å².